The number of ketones is 1. The maximum Gasteiger partial charge on any atom is 0.327 e. The molecule has 0 saturated carbocycles. The highest BCUT2D eigenvalue weighted by Crippen LogP contribution is 2.14. The molecule has 0 amide bonds. The van der Waals surface area contributed by atoms with Gasteiger partial charge in [0.2, 0.25) is 0 Å². The molecule has 0 bridgehead atoms. The van der Waals surface area contributed by atoms with Gasteiger partial charge in [0.1, 0.15) is 11.9 Å². The largest absolute Gasteiger partial charge is 0.391 e. The van der Waals surface area contributed by atoms with Gasteiger partial charge in [0.05, 0.1) is 18.4 Å². The quantitative estimate of drug-likeness (QED) is 0.312. The van der Waals surface area contributed by atoms with Crippen LogP contribution >= 0.6 is 0 Å². The fourth-order valence-electron chi connectivity index (χ4n) is 1.54. The molecule has 0 aliphatic rings. The molecule has 10 heteroatoms. The Kier molecular flexibility index (Phi) is 6.16. The second-order valence-corrected chi connectivity index (χ2v) is 4.68. The maximum atomic E-state index is 11.7. The molecule has 1 aromatic rings. The summed E-state index contributed by atoms with van der Waals surface area (Å²) < 4.78 is 0. The lowest BCUT2D eigenvalue weighted by atomic mass is 10.1. The number of anilines is 1. The van der Waals surface area contributed by atoms with Crippen molar-refractivity contribution in [2.75, 3.05) is 11.9 Å². The predicted molar refractivity (Wildman–Crippen MR) is 78.7 cm³/mol. The van der Waals surface area contributed by atoms with Gasteiger partial charge in [-0.1, -0.05) is 0 Å². The van der Waals surface area contributed by atoms with E-state index in [4.69, 9.17) is 5.11 Å². The molecule has 1 heterocycles. The van der Waals surface area contributed by atoms with Gasteiger partial charge in [-0.05, 0) is 6.92 Å². The van der Waals surface area contributed by atoms with Crippen LogP contribution in [-0.4, -0.2) is 62.1 Å². The van der Waals surface area contributed by atoms with Crippen LogP contribution < -0.4 is 16.6 Å². The predicted octanol–water partition coefficient (Wildman–Crippen LogP) is -2.13. The molecule has 0 radical (unpaired) electrons. The van der Waals surface area contributed by atoms with E-state index >= 15 is 0 Å². The smallest absolute Gasteiger partial charge is 0.327 e. The number of hydrogen-bond acceptors (Lipinski definition) is 8. The number of carbonyl (C=O) groups is 1. The SMILES string of the molecule is CC(=O)C=Nc1c(NC[C@H](O)[C@H](O)[C@@H](C)O)[nH]c(=O)[nH]c1=O. The Balaban J connectivity index is 3.01. The Morgan fingerprint density at radius 1 is 1.32 bits per heavy atom. The highest BCUT2D eigenvalue weighted by molar-refractivity contribution is 6.26. The van der Waals surface area contributed by atoms with E-state index < -0.39 is 35.3 Å². The van der Waals surface area contributed by atoms with Crippen molar-refractivity contribution in [2.45, 2.75) is 32.2 Å². The minimum absolute atomic E-state index is 0.122. The van der Waals surface area contributed by atoms with Crippen molar-refractivity contribution in [3.8, 4) is 0 Å². The molecule has 0 aromatic carbocycles. The van der Waals surface area contributed by atoms with E-state index in [1.54, 1.807) is 0 Å². The number of aliphatic hydroxyl groups excluding tert-OH is 3. The Labute approximate surface area is 124 Å². The highest BCUT2D eigenvalue weighted by Gasteiger charge is 2.21. The number of carbonyl (C=O) groups excluding carboxylic acids is 1. The van der Waals surface area contributed by atoms with Crippen LogP contribution in [0.25, 0.3) is 0 Å². The van der Waals surface area contributed by atoms with E-state index in [1.165, 1.54) is 13.8 Å². The molecule has 0 spiro atoms. The number of Topliss-reactive ketones (excluding diaryl/α,β-unsaturated/α-hetero) is 1. The van der Waals surface area contributed by atoms with Gasteiger partial charge in [-0.15, -0.1) is 0 Å². The number of aliphatic imine (C=N–C) groups is 1. The number of H-pyrrole nitrogens is 2. The Morgan fingerprint density at radius 2 is 1.95 bits per heavy atom. The minimum atomic E-state index is -1.41. The summed E-state index contributed by atoms with van der Waals surface area (Å²) in [6.07, 6.45) is -3.03. The van der Waals surface area contributed by atoms with Gasteiger partial charge in [-0.3, -0.25) is 19.6 Å². The first-order chi connectivity index (χ1) is 10.2. The average Bonchev–Trinajstić information content (AvgIpc) is 2.42. The number of hydrogen-bond donors (Lipinski definition) is 6. The van der Waals surface area contributed by atoms with E-state index in [2.05, 4.69) is 15.3 Å². The van der Waals surface area contributed by atoms with E-state index in [1.807, 2.05) is 4.98 Å². The number of nitrogens with zero attached hydrogens (tertiary/aromatic N) is 1. The highest BCUT2D eigenvalue weighted by atomic mass is 16.4. The number of aromatic amines is 2. The third-order valence-electron chi connectivity index (χ3n) is 2.67. The van der Waals surface area contributed by atoms with Gasteiger partial charge in [-0.2, -0.15) is 0 Å². The molecular formula is C12H18N4O6. The first-order valence-electron chi connectivity index (χ1n) is 6.41. The Hall–Kier alpha value is -2.30. The second kappa shape index (κ2) is 7.64. The molecule has 10 nitrogen and oxygen atoms in total. The zero-order chi connectivity index (χ0) is 16.9. The second-order valence-electron chi connectivity index (χ2n) is 4.68. The van der Waals surface area contributed by atoms with Gasteiger partial charge >= 0.3 is 5.69 Å². The van der Waals surface area contributed by atoms with Gasteiger partial charge < -0.3 is 20.6 Å². The molecule has 0 unspecified atom stereocenters. The number of aliphatic hydroxyl groups is 3. The summed E-state index contributed by atoms with van der Waals surface area (Å²) in [5.74, 6) is -0.524. The molecule has 1 rings (SSSR count). The molecule has 3 atom stereocenters. The number of aromatic nitrogens is 2. The van der Waals surface area contributed by atoms with E-state index in [0.717, 1.165) is 6.21 Å². The van der Waals surface area contributed by atoms with Crippen LogP contribution in [0.4, 0.5) is 11.5 Å². The maximum absolute atomic E-state index is 11.7. The standard InChI is InChI=1S/C12H18N4O6/c1-5(17)3-13-8-10(15-12(22)16-11(8)21)14-4-7(19)9(20)6(2)18/h3,6-7,9,18-20H,4H2,1-2H3,(H3,14,15,16,21,22)/t6-,7+,9-/m1/s1. The van der Waals surface area contributed by atoms with Crippen LogP contribution in [0.15, 0.2) is 14.6 Å². The Morgan fingerprint density at radius 3 is 2.50 bits per heavy atom. The average molecular weight is 314 g/mol. The van der Waals surface area contributed by atoms with Crippen LogP contribution in [0.1, 0.15) is 13.8 Å². The van der Waals surface area contributed by atoms with E-state index in [0.29, 0.717) is 0 Å². The van der Waals surface area contributed by atoms with Gasteiger partial charge in [0.15, 0.2) is 11.5 Å². The van der Waals surface area contributed by atoms with Crippen molar-refractivity contribution in [1.82, 2.24) is 9.97 Å². The summed E-state index contributed by atoms with van der Waals surface area (Å²) in [6.45, 7) is 2.26. The van der Waals surface area contributed by atoms with Gasteiger partial charge in [-0.25, -0.2) is 9.79 Å². The fraction of sp³-hybridized carbons (Fsp3) is 0.500. The lowest BCUT2D eigenvalue weighted by molar-refractivity contribution is -0.110. The van der Waals surface area contributed by atoms with Crippen LogP contribution in [0.3, 0.4) is 0 Å². The summed E-state index contributed by atoms with van der Waals surface area (Å²) in [5, 5.41) is 30.8. The van der Waals surface area contributed by atoms with Crippen LogP contribution in [0.2, 0.25) is 0 Å². The zero-order valence-electron chi connectivity index (χ0n) is 12.0. The number of nitrogens with one attached hydrogen (secondary N) is 3. The molecule has 0 aliphatic carbocycles. The molecule has 0 fully saturated rings. The normalized spacial score (nSPS) is 15.5. The zero-order valence-corrected chi connectivity index (χ0v) is 12.0. The minimum Gasteiger partial charge on any atom is -0.391 e. The van der Waals surface area contributed by atoms with Gasteiger partial charge in [0, 0.05) is 13.5 Å². The summed E-state index contributed by atoms with van der Waals surface area (Å²) in [4.78, 5) is 41.7. The van der Waals surface area contributed by atoms with Crippen molar-refractivity contribution in [3.63, 3.8) is 0 Å². The van der Waals surface area contributed by atoms with E-state index in [-0.39, 0.29) is 18.1 Å². The van der Waals surface area contributed by atoms with Gasteiger partial charge in [0.25, 0.3) is 5.56 Å². The molecule has 1 aromatic heterocycles. The van der Waals surface area contributed by atoms with E-state index in [9.17, 15) is 24.6 Å². The topological polar surface area (TPSA) is 168 Å². The van der Waals surface area contributed by atoms with Crippen molar-refractivity contribution in [2.24, 2.45) is 4.99 Å². The fourth-order valence-corrected chi connectivity index (χ4v) is 1.54. The summed E-state index contributed by atoms with van der Waals surface area (Å²) in [5.41, 5.74) is -1.89. The molecule has 122 valence electrons. The number of rotatable bonds is 7. The summed E-state index contributed by atoms with van der Waals surface area (Å²) in [6, 6.07) is 0. The summed E-state index contributed by atoms with van der Waals surface area (Å²) in [7, 11) is 0. The lowest BCUT2D eigenvalue weighted by Crippen LogP contribution is -2.40. The molecule has 0 saturated heterocycles. The van der Waals surface area contributed by atoms with Crippen molar-refractivity contribution in [1.29, 1.82) is 0 Å². The summed E-state index contributed by atoms with van der Waals surface area (Å²) >= 11 is 0. The van der Waals surface area contributed by atoms with Crippen LogP contribution in [0.5, 0.6) is 0 Å². The van der Waals surface area contributed by atoms with Crippen LogP contribution in [-0.2, 0) is 4.79 Å². The third kappa shape index (κ3) is 4.91. The molecule has 22 heavy (non-hydrogen) atoms. The van der Waals surface area contributed by atoms with Crippen molar-refractivity contribution >= 4 is 23.5 Å². The monoisotopic (exact) mass is 314 g/mol. The van der Waals surface area contributed by atoms with Crippen molar-refractivity contribution < 1.29 is 20.1 Å². The molecule has 0 aliphatic heterocycles. The molecule has 6 N–H and O–H groups in total. The first kappa shape index (κ1) is 17.8. The first-order valence-corrected chi connectivity index (χ1v) is 6.41. The third-order valence-corrected chi connectivity index (χ3v) is 2.67. The Bertz CT molecular complexity index is 662. The molecular weight excluding hydrogens is 296 g/mol. The van der Waals surface area contributed by atoms with Crippen LogP contribution in [0, 0.1) is 0 Å². The van der Waals surface area contributed by atoms with Crippen molar-refractivity contribution in [3.05, 3.63) is 20.8 Å². The lowest BCUT2D eigenvalue weighted by Gasteiger charge is -2.20.